The number of hydrogen-bond acceptors (Lipinski definition) is 4. The average Bonchev–Trinajstić information content (AvgIpc) is 2.15. The van der Waals surface area contributed by atoms with Gasteiger partial charge in [-0.05, 0) is 19.0 Å². The molecule has 4 nitrogen and oxygen atoms in total. The fraction of sp³-hybridized carbons (Fsp3) is 0.556. The fourth-order valence-electron chi connectivity index (χ4n) is 0.923. The molecular weight excluding hydrogens is 164 g/mol. The number of nitrogens with one attached hydrogen (secondary N) is 2. The van der Waals surface area contributed by atoms with Gasteiger partial charge in [-0.3, -0.25) is 0 Å². The zero-order valence-corrected chi connectivity index (χ0v) is 8.17. The van der Waals surface area contributed by atoms with Crippen LogP contribution in [0.15, 0.2) is 12.4 Å². The second-order valence-electron chi connectivity index (χ2n) is 2.86. The molecule has 13 heavy (non-hydrogen) atoms. The molecular formula is C9H16N4. The highest BCUT2D eigenvalue weighted by atomic mass is 15.1. The van der Waals surface area contributed by atoms with Crippen LogP contribution in [0.4, 0.5) is 5.95 Å². The normalized spacial score (nSPS) is 10.0. The van der Waals surface area contributed by atoms with E-state index in [0.717, 1.165) is 25.2 Å². The molecule has 2 N–H and O–H groups in total. The minimum Gasteiger partial charge on any atom is -0.353 e. The third-order valence-electron chi connectivity index (χ3n) is 1.62. The van der Waals surface area contributed by atoms with E-state index in [1.165, 1.54) is 0 Å². The smallest absolute Gasteiger partial charge is 0.222 e. The molecule has 0 spiro atoms. The van der Waals surface area contributed by atoms with Gasteiger partial charge < -0.3 is 10.6 Å². The van der Waals surface area contributed by atoms with Crippen molar-refractivity contribution in [2.45, 2.75) is 13.8 Å². The van der Waals surface area contributed by atoms with Crippen LogP contribution in [0.3, 0.4) is 0 Å². The highest BCUT2D eigenvalue weighted by Gasteiger charge is 1.92. The number of anilines is 1. The number of nitrogens with zero attached hydrogens (tertiary/aromatic N) is 2. The van der Waals surface area contributed by atoms with E-state index in [-0.39, 0.29) is 0 Å². The van der Waals surface area contributed by atoms with E-state index in [1.807, 2.05) is 19.3 Å². The lowest BCUT2D eigenvalue weighted by Crippen LogP contribution is -2.22. The third kappa shape index (κ3) is 3.85. The molecule has 1 aromatic heterocycles. The lowest BCUT2D eigenvalue weighted by atomic mass is 10.4. The number of aromatic nitrogens is 2. The predicted molar refractivity (Wildman–Crippen MR) is 53.8 cm³/mol. The average molecular weight is 180 g/mol. The topological polar surface area (TPSA) is 49.8 Å². The van der Waals surface area contributed by atoms with Gasteiger partial charge in [0.2, 0.25) is 5.95 Å². The summed E-state index contributed by atoms with van der Waals surface area (Å²) < 4.78 is 0. The molecule has 0 fully saturated rings. The molecule has 0 unspecified atom stereocenters. The SMILES string of the molecule is CCNCCNc1ncc(C)cn1. The Morgan fingerprint density at radius 1 is 1.23 bits per heavy atom. The number of hydrogen-bond donors (Lipinski definition) is 2. The lowest BCUT2D eigenvalue weighted by molar-refractivity contribution is 0.736. The van der Waals surface area contributed by atoms with Crippen LogP contribution in [-0.4, -0.2) is 29.6 Å². The summed E-state index contributed by atoms with van der Waals surface area (Å²) in [4.78, 5) is 8.25. The highest BCUT2D eigenvalue weighted by molar-refractivity contribution is 5.23. The maximum absolute atomic E-state index is 4.13. The van der Waals surface area contributed by atoms with Crippen molar-refractivity contribution in [3.05, 3.63) is 18.0 Å². The van der Waals surface area contributed by atoms with Gasteiger partial charge in [0, 0.05) is 25.5 Å². The molecule has 4 heteroatoms. The van der Waals surface area contributed by atoms with Gasteiger partial charge >= 0.3 is 0 Å². The second kappa shape index (κ2) is 5.48. The third-order valence-corrected chi connectivity index (χ3v) is 1.62. The van der Waals surface area contributed by atoms with Crippen molar-refractivity contribution in [2.24, 2.45) is 0 Å². The van der Waals surface area contributed by atoms with Crippen molar-refractivity contribution in [1.29, 1.82) is 0 Å². The molecule has 0 saturated carbocycles. The Bertz CT molecular complexity index is 232. The predicted octanol–water partition coefficient (Wildman–Crippen LogP) is 0.806. The van der Waals surface area contributed by atoms with Gasteiger partial charge in [-0.25, -0.2) is 9.97 Å². The molecule has 0 atom stereocenters. The van der Waals surface area contributed by atoms with E-state index in [2.05, 4.69) is 27.5 Å². The standard InChI is InChI=1S/C9H16N4/c1-3-10-4-5-11-9-12-6-8(2)7-13-9/h6-7,10H,3-5H2,1-2H3,(H,11,12,13). The van der Waals surface area contributed by atoms with Crippen LogP contribution in [0, 0.1) is 6.92 Å². The van der Waals surface area contributed by atoms with Gasteiger partial charge in [-0.1, -0.05) is 6.92 Å². The summed E-state index contributed by atoms with van der Waals surface area (Å²) >= 11 is 0. The number of aryl methyl sites for hydroxylation is 1. The zero-order valence-electron chi connectivity index (χ0n) is 8.17. The van der Waals surface area contributed by atoms with E-state index in [1.54, 1.807) is 0 Å². The Balaban J connectivity index is 2.25. The first kappa shape index (κ1) is 9.92. The first-order valence-corrected chi connectivity index (χ1v) is 4.56. The molecule has 0 aromatic carbocycles. The molecule has 1 aromatic rings. The van der Waals surface area contributed by atoms with Crippen molar-refractivity contribution in [2.75, 3.05) is 25.0 Å². The molecule has 0 radical (unpaired) electrons. The summed E-state index contributed by atoms with van der Waals surface area (Å²) in [5, 5.41) is 6.33. The monoisotopic (exact) mass is 180 g/mol. The van der Waals surface area contributed by atoms with Crippen molar-refractivity contribution in [1.82, 2.24) is 15.3 Å². The largest absolute Gasteiger partial charge is 0.353 e. The Hall–Kier alpha value is -1.16. The summed E-state index contributed by atoms with van der Waals surface area (Å²) in [7, 11) is 0. The van der Waals surface area contributed by atoms with Crippen molar-refractivity contribution >= 4 is 5.95 Å². The van der Waals surface area contributed by atoms with Crippen molar-refractivity contribution in [3.63, 3.8) is 0 Å². The number of likely N-dealkylation sites (N-methyl/N-ethyl adjacent to an activating group) is 1. The van der Waals surface area contributed by atoms with Crippen molar-refractivity contribution in [3.8, 4) is 0 Å². The molecule has 0 aliphatic heterocycles. The Morgan fingerprint density at radius 2 is 1.92 bits per heavy atom. The zero-order chi connectivity index (χ0) is 9.52. The highest BCUT2D eigenvalue weighted by Crippen LogP contribution is 1.96. The maximum atomic E-state index is 4.13. The Morgan fingerprint density at radius 3 is 2.54 bits per heavy atom. The molecule has 0 aliphatic rings. The van der Waals surface area contributed by atoms with E-state index in [0.29, 0.717) is 5.95 Å². The van der Waals surface area contributed by atoms with E-state index >= 15 is 0 Å². The molecule has 0 bridgehead atoms. The minimum absolute atomic E-state index is 0.698. The van der Waals surface area contributed by atoms with Gasteiger partial charge in [-0.15, -0.1) is 0 Å². The molecule has 72 valence electrons. The molecule has 0 amide bonds. The first-order chi connectivity index (χ1) is 6.33. The number of rotatable bonds is 5. The van der Waals surface area contributed by atoms with Crippen LogP contribution in [0.25, 0.3) is 0 Å². The summed E-state index contributed by atoms with van der Waals surface area (Å²) in [5.74, 6) is 0.698. The molecule has 1 heterocycles. The molecule has 0 saturated heterocycles. The van der Waals surface area contributed by atoms with Crippen LogP contribution in [-0.2, 0) is 0 Å². The summed E-state index contributed by atoms with van der Waals surface area (Å²) in [5.41, 5.74) is 1.08. The van der Waals surface area contributed by atoms with Crippen LogP contribution >= 0.6 is 0 Å². The van der Waals surface area contributed by atoms with Gasteiger partial charge in [-0.2, -0.15) is 0 Å². The van der Waals surface area contributed by atoms with Crippen LogP contribution in [0.2, 0.25) is 0 Å². The van der Waals surface area contributed by atoms with E-state index in [9.17, 15) is 0 Å². The van der Waals surface area contributed by atoms with Crippen LogP contribution < -0.4 is 10.6 Å². The van der Waals surface area contributed by atoms with Gasteiger partial charge in [0.25, 0.3) is 0 Å². The van der Waals surface area contributed by atoms with Gasteiger partial charge in [0.15, 0.2) is 0 Å². The summed E-state index contributed by atoms with van der Waals surface area (Å²) in [6.45, 7) is 6.85. The minimum atomic E-state index is 0.698. The Kier molecular flexibility index (Phi) is 4.18. The molecule has 0 aliphatic carbocycles. The first-order valence-electron chi connectivity index (χ1n) is 4.56. The van der Waals surface area contributed by atoms with Crippen LogP contribution in [0.1, 0.15) is 12.5 Å². The maximum Gasteiger partial charge on any atom is 0.222 e. The lowest BCUT2D eigenvalue weighted by Gasteiger charge is -2.04. The summed E-state index contributed by atoms with van der Waals surface area (Å²) in [6.07, 6.45) is 3.62. The van der Waals surface area contributed by atoms with Crippen molar-refractivity contribution < 1.29 is 0 Å². The van der Waals surface area contributed by atoms with Crippen LogP contribution in [0.5, 0.6) is 0 Å². The van der Waals surface area contributed by atoms with Gasteiger partial charge in [0.05, 0.1) is 0 Å². The summed E-state index contributed by atoms with van der Waals surface area (Å²) in [6, 6.07) is 0. The van der Waals surface area contributed by atoms with E-state index in [4.69, 9.17) is 0 Å². The Labute approximate surface area is 78.8 Å². The van der Waals surface area contributed by atoms with E-state index < -0.39 is 0 Å². The molecule has 1 rings (SSSR count). The van der Waals surface area contributed by atoms with Gasteiger partial charge in [0.1, 0.15) is 0 Å². The quantitative estimate of drug-likeness (QED) is 0.658. The second-order valence-corrected chi connectivity index (χ2v) is 2.86. The fourth-order valence-corrected chi connectivity index (χ4v) is 0.923.